The minimum Gasteiger partial charge on any atom is -0.0616 e. The van der Waals surface area contributed by atoms with Gasteiger partial charge in [-0.2, -0.15) is 0 Å². The van der Waals surface area contributed by atoms with Crippen LogP contribution >= 0.6 is 0 Å². The zero-order valence-electron chi connectivity index (χ0n) is 41.5. The summed E-state index contributed by atoms with van der Waals surface area (Å²) >= 11 is 2.48. The number of aromatic nitrogens is 4. The molecule has 0 bridgehead atoms. The van der Waals surface area contributed by atoms with Crippen molar-refractivity contribution < 1.29 is 30.9 Å². The Morgan fingerprint density at radius 3 is 2.04 bits per heavy atom. The predicted molar refractivity (Wildman–Crippen MR) is 271 cm³/mol. The molecule has 326 valence electrons. The molecule has 12 aromatic rings. The smallest absolute Gasteiger partial charge is 0.0616 e. The summed E-state index contributed by atoms with van der Waals surface area (Å²) in [5.41, 5.74) is 16.7. The molecule has 9 aromatic carbocycles. The number of para-hydroxylation sites is 3. The molecular weight excluding hydrogens is 1010 g/mol. The van der Waals surface area contributed by atoms with Crippen molar-refractivity contribution in [3.63, 3.8) is 0 Å². The number of benzene rings is 9. The van der Waals surface area contributed by atoms with E-state index in [0.29, 0.717) is 28.4 Å². The summed E-state index contributed by atoms with van der Waals surface area (Å²) in [4.78, 5) is 4.86. The van der Waals surface area contributed by atoms with E-state index in [0.717, 1.165) is 71.1 Å². The second-order valence-electron chi connectivity index (χ2n) is 16.9. The number of rotatable bonds is 8. The molecule has 0 aliphatic heterocycles. The van der Waals surface area contributed by atoms with Gasteiger partial charge in [0, 0.05) is 11.8 Å². The van der Waals surface area contributed by atoms with Crippen LogP contribution in [0.2, 0.25) is 0 Å². The molecule has 13 rings (SSSR count). The SMILES string of the molecule is [2H]c1c([2H])c([2H])c(-c2cnc(-n3c4[c-]c(Oc5[c-]c(-n6[c](=[Pt])n(-c7c(-c8ccccc8)cc8c(c7-c7ccccc7)Cc7ccccc7-8)c7ccccc76)ccc5)ccc4c4ccccc43)cc2C)c([2H])c1[2H]. The van der Waals surface area contributed by atoms with Crippen LogP contribution < -0.4 is 4.74 Å². The van der Waals surface area contributed by atoms with Crippen molar-refractivity contribution in [3.05, 3.63) is 245 Å². The van der Waals surface area contributed by atoms with Gasteiger partial charge < -0.3 is 0 Å². The normalized spacial score (nSPS) is 13.0. The summed E-state index contributed by atoms with van der Waals surface area (Å²) in [5, 5.41) is 1.96. The summed E-state index contributed by atoms with van der Waals surface area (Å²) in [6, 6.07) is 66.6. The van der Waals surface area contributed by atoms with Crippen molar-refractivity contribution >= 4 is 32.8 Å². The van der Waals surface area contributed by atoms with Crippen LogP contribution in [-0.2, 0) is 25.8 Å². The number of nitrogens with zero attached hydrogens (tertiary/aromatic N) is 4. The van der Waals surface area contributed by atoms with E-state index in [2.05, 4.69) is 168 Å². The molecule has 0 atom stereocenters. The molecule has 0 N–H and O–H groups in total. The molecule has 68 heavy (non-hydrogen) atoms. The van der Waals surface area contributed by atoms with Crippen LogP contribution in [0, 0.1) is 22.9 Å². The second-order valence-corrected chi connectivity index (χ2v) is 18.0. The molecule has 3 heterocycles. The second kappa shape index (κ2) is 16.3. The monoisotopic (exact) mass is 1060 g/mol. The van der Waals surface area contributed by atoms with Gasteiger partial charge in [0.15, 0.2) is 0 Å². The first kappa shape index (κ1) is 35.1. The molecule has 0 fully saturated rings. The summed E-state index contributed by atoms with van der Waals surface area (Å²) < 4.78 is 56.3. The first-order chi connectivity index (χ1) is 35.6. The summed E-state index contributed by atoms with van der Waals surface area (Å²) in [7, 11) is 0. The van der Waals surface area contributed by atoms with Gasteiger partial charge in [0.2, 0.25) is 0 Å². The average molecular weight is 1060 g/mol. The van der Waals surface area contributed by atoms with E-state index >= 15 is 0 Å². The Labute approximate surface area is 411 Å². The average Bonchev–Trinajstić information content (AvgIpc) is 4.06. The van der Waals surface area contributed by atoms with Crippen LogP contribution in [0.5, 0.6) is 11.5 Å². The van der Waals surface area contributed by atoms with Gasteiger partial charge in [-0.3, -0.25) is 0 Å². The van der Waals surface area contributed by atoms with Gasteiger partial charge in [-0.1, -0.05) is 42.3 Å². The molecule has 6 heteroatoms. The van der Waals surface area contributed by atoms with Gasteiger partial charge in [0.25, 0.3) is 0 Å². The number of imidazole rings is 1. The molecule has 5 nitrogen and oxygen atoms in total. The minimum atomic E-state index is -0.432. The van der Waals surface area contributed by atoms with Gasteiger partial charge in [0.05, 0.1) is 6.85 Å². The Morgan fingerprint density at radius 1 is 0.559 bits per heavy atom. The third-order valence-electron chi connectivity index (χ3n) is 13.0. The van der Waals surface area contributed by atoms with Crippen LogP contribution in [0.15, 0.2) is 212 Å². The molecule has 3 aromatic heterocycles. The number of aryl methyl sites for hydroxylation is 1. The van der Waals surface area contributed by atoms with Crippen molar-refractivity contribution in [3.8, 4) is 73.2 Å². The Hall–Kier alpha value is -8.11. The Balaban J connectivity index is 0.940. The van der Waals surface area contributed by atoms with E-state index in [9.17, 15) is 0 Å². The fourth-order valence-corrected chi connectivity index (χ4v) is 11.1. The Kier molecular flexibility index (Phi) is 8.44. The third kappa shape index (κ3) is 6.57. The number of pyridine rings is 1. The topological polar surface area (TPSA) is 36.9 Å². The number of fused-ring (bicyclic) bond motifs is 7. The first-order valence-electron chi connectivity index (χ1n) is 24.9. The van der Waals surface area contributed by atoms with Gasteiger partial charge >= 0.3 is 335 Å². The van der Waals surface area contributed by atoms with Crippen LogP contribution in [-0.4, -0.2) is 18.7 Å². The van der Waals surface area contributed by atoms with Crippen LogP contribution in [0.1, 0.15) is 23.5 Å². The van der Waals surface area contributed by atoms with Gasteiger partial charge in [-0.25, -0.2) is 0 Å². The van der Waals surface area contributed by atoms with Crippen molar-refractivity contribution in [2.75, 3.05) is 0 Å². The van der Waals surface area contributed by atoms with Gasteiger partial charge in [-0.05, 0) is 18.1 Å². The van der Waals surface area contributed by atoms with Crippen LogP contribution in [0.25, 0.3) is 94.5 Å². The fraction of sp³-hybridized carbons (Fsp3) is 0.0323. The zero-order valence-corrected chi connectivity index (χ0v) is 38.8. The van der Waals surface area contributed by atoms with Crippen molar-refractivity contribution in [2.24, 2.45) is 0 Å². The molecule has 0 amide bonds. The molecule has 1 aliphatic carbocycles. The summed E-state index contributed by atoms with van der Waals surface area (Å²) in [6.45, 7) is 1.86. The third-order valence-corrected chi connectivity index (χ3v) is 14.0. The molecule has 0 spiro atoms. The molecule has 0 saturated heterocycles. The Morgan fingerprint density at radius 2 is 1.25 bits per heavy atom. The van der Waals surface area contributed by atoms with E-state index in [4.69, 9.17) is 16.6 Å². The van der Waals surface area contributed by atoms with E-state index in [1.54, 1.807) is 6.20 Å². The number of hydrogen-bond donors (Lipinski definition) is 0. The predicted octanol–water partition coefficient (Wildman–Crippen LogP) is 15.3. The first-order valence-corrected chi connectivity index (χ1v) is 23.6. The molecule has 1 aliphatic rings. The van der Waals surface area contributed by atoms with Gasteiger partial charge in [-0.15, -0.1) is 0 Å². The van der Waals surface area contributed by atoms with Crippen LogP contribution in [0.4, 0.5) is 0 Å². The van der Waals surface area contributed by atoms with Crippen molar-refractivity contribution in [1.29, 1.82) is 0 Å². The zero-order chi connectivity index (χ0) is 49.6. The summed E-state index contributed by atoms with van der Waals surface area (Å²) in [6.07, 6.45) is 2.42. The maximum absolute atomic E-state index is 8.63. The van der Waals surface area contributed by atoms with Crippen LogP contribution in [0.3, 0.4) is 0 Å². The quantitative estimate of drug-likeness (QED) is 0.142. The van der Waals surface area contributed by atoms with Gasteiger partial charge in [0.1, 0.15) is 0 Å². The molecular formula is C62H40N4OPt-2. The standard InChI is InChI=1S/C62H40N4O.Pt/c1-41-34-60(63-39-55(41)43-20-7-3-8-21-43)66-56-29-14-13-28-50(56)51-33-32-48(37-59(51)66)67-47-26-17-25-46(36-47)64-40-65(58-31-16-15-30-57(58)64)62-52(42-18-5-2-6-19-42)38-53-49-27-12-11-24-45(49)35-54(53)61(62)44-22-9-4-10-23-44;/h2-34,38-39H,35H2,1H3;/q-2;/i3D,7D,8D,20D,21D;. The molecule has 0 radical (unpaired) electrons. The van der Waals surface area contributed by atoms with E-state index < -0.39 is 6.04 Å². The summed E-state index contributed by atoms with van der Waals surface area (Å²) in [5.74, 6) is 1.58. The molecule has 0 saturated carbocycles. The van der Waals surface area contributed by atoms with Crippen molar-refractivity contribution in [2.45, 2.75) is 13.3 Å². The van der Waals surface area contributed by atoms with E-state index in [-0.39, 0.29) is 29.7 Å². The van der Waals surface area contributed by atoms with Crippen molar-refractivity contribution in [1.82, 2.24) is 18.7 Å². The molecule has 0 unspecified atom stereocenters. The number of ether oxygens (including phenoxy) is 1. The van der Waals surface area contributed by atoms with E-state index in [1.807, 2.05) is 60.0 Å². The van der Waals surface area contributed by atoms with E-state index in [1.165, 1.54) is 27.8 Å². The maximum atomic E-state index is 8.63. The fourth-order valence-electron chi connectivity index (χ4n) is 10.0. The number of hydrogen-bond acceptors (Lipinski definition) is 2. The minimum absolute atomic E-state index is 0.117. The Bertz CT molecular complexity index is 4290.